The van der Waals surface area contributed by atoms with E-state index >= 15 is 0 Å². The average Bonchev–Trinajstić information content (AvgIpc) is 3.08. The monoisotopic (exact) mass is 352 g/mol. The van der Waals surface area contributed by atoms with Crippen LogP contribution in [0.25, 0.3) is 0 Å². The van der Waals surface area contributed by atoms with Gasteiger partial charge in [-0.15, -0.1) is 0 Å². The molecule has 4 rings (SSSR count). The number of hydrogen-bond donors (Lipinski definition) is 0. The molecule has 0 aliphatic carbocycles. The number of nitrogens with zero attached hydrogens (tertiary/aromatic N) is 4. The van der Waals surface area contributed by atoms with Crippen molar-refractivity contribution in [1.82, 2.24) is 14.9 Å². The molecule has 0 atom stereocenters. The zero-order valence-electron chi connectivity index (χ0n) is 15.1. The van der Waals surface area contributed by atoms with Crippen molar-refractivity contribution in [3.8, 4) is 0 Å². The van der Waals surface area contributed by atoms with Crippen LogP contribution in [0, 0.1) is 5.41 Å². The number of anilines is 1. The number of ether oxygens (including phenoxy) is 1. The largest absolute Gasteiger partial charge is 0.462 e. The van der Waals surface area contributed by atoms with E-state index in [-0.39, 0.29) is 5.97 Å². The number of likely N-dealkylation sites (tertiary alicyclic amines) is 1. The number of benzene rings is 1. The smallest absolute Gasteiger partial charge is 0.341 e. The van der Waals surface area contributed by atoms with Crippen molar-refractivity contribution in [1.29, 1.82) is 0 Å². The maximum atomic E-state index is 11.7. The second kappa shape index (κ2) is 7.03. The molecule has 2 aliphatic heterocycles. The average molecular weight is 352 g/mol. The topological polar surface area (TPSA) is 58.6 Å². The summed E-state index contributed by atoms with van der Waals surface area (Å²) in [6.07, 6.45) is 4.29. The number of rotatable bonds is 5. The number of aromatic nitrogens is 2. The van der Waals surface area contributed by atoms with Gasteiger partial charge in [-0.2, -0.15) is 0 Å². The highest BCUT2D eigenvalue weighted by molar-refractivity contribution is 5.88. The Morgan fingerprint density at radius 3 is 2.58 bits per heavy atom. The summed E-state index contributed by atoms with van der Waals surface area (Å²) in [7, 11) is 0. The van der Waals surface area contributed by atoms with Gasteiger partial charge in [0.05, 0.1) is 12.2 Å². The van der Waals surface area contributed by atoms with Crippen molar-refractivity contribution in [2.45, 2.75) is 19.9 Å². The molecule has 0 saturated carbocycles. The molecule has 1 aromatic heterocycles. The molecule has 3 heterocycles. The molecule has 0 unspecified atom stereocenters. The minimum atomic E-state index is -0.368. The van der Waals surface area contributed by atoms with E-state index in [1.54, 1.807) is 19.3 Å². The Balaban J connectivity index is 1.32. The molecule has 6 heteroatoms. The molecule has 0 amide bonds. The summed E-state index contributed by atoms with van der Waals surface area (Å²) in [5, 5.41) is 0. The van der Waals surface area contributed by atoms with Gasteiger partial charge >= 0.3 is 5.97 Å². The van der Waals surface area contributed by atoms with E-state index < -0.39 is 0 Å². The molecule has 2 aliphatic rings. The lowest BCUT2D eigenvalue weighted by molar-refractivity contribution is 0.0116. The molecule has 6 nitrogen and oxygen atoms in total. The molecule has 0 radical (unpaired) electrons. The van der Waals surface area contributed by atoms with E-state index in [9.17, 15) is 4.79 Å². The third-order valence-corrected chi connectivity index (χ3v) is 5.24. The van der Waals surface area contributed by atoms with E-state index in [0.717, 1.165) is 32.7 Å². The Hall–Kier alpha value is -2.47. The van der Waals surface area contributed by atoms with Gasteiger partial charge in [0.2, 0.25) is 5.95 Å². The second-order valence-electron chi connectivity index (χ2n) is 7.29. The summed E-state index contributed by atoms with van der Waals surface area (Å²) in [5.41, 5.74) is 2.13. The van der Waals surface area contributed by atoms with Crippen LogP contribution in [-0.4, -0.2) is 53.6 Å². The van der Waals surface area contributed by atoms with Crippen molar-refractivity contribution in [3.63, 3.8) is 0 Å². The van der Waals surface area contributed by atoms with Gasteiger partial charge in [0.15, 0.2) is 0 Å². The second-order valence-corrected chi connectivity index (χ2v) is 7.29. The van der Waals surface area contributed by atoms with E-state index in [2.05, 4.69) is 50.1 Å². The van der Waals surface area contributed by atoms with Crippen LogP contribution < -0.4 is 4.90 Å². The predicted octanol–water partition coefficient (Wildman–Crippen LogP) is 2.37. The highest BCUT2D eigenvalue weighted by atomic mass is 16.5. The van der Waals surface area contributed by atoms with Crippen LogP contribution in [0.5, 0.6) is 0 Å². The first kappa shape index (κ1) is 17.0. The standard InChI is InChI=1S/C20H24N4O2/c1-2-26-18(25)17-10-21-19(22-11-17)24-9-8-20(15-24)13-23(14-20)12-16-6-4-3-5-7-16/h3-7,10-11H,2,8-9,12-15H2,1H3. The zero-order valence-corrected chi connectivity index (χ0v) is 15.1. The maximum absolute atomic E-state index is 11.7. The van der Waals surface area contributed by atoms with Crippen molar-refractivity contribution in [2.75, 3.05) is 37.7 Å². The number of esters is 1. The van der Waals surface area contributed by atoms with E-state index in [1.807, 2.05) is 0 Å². The summed E-state index contributed by atoms with van der Waals surface area (Å²) >= 11 is 0. The van der Waals surface area contributed by atoms with Gasteiger partial charge in [-0.3, -0.25) is 4.90 Å². The molecular formula is C20H24N4O2. The third kappa shape index (κ3) is 3.42. The molecule has 0 bridgehead atoms. The van der Waals surface area contributed by atoms with Gasteiger partial charge in [-0.05, 0) is 18.9 Å². The van der Waals surface area contributed by atoms with Gasteiger partial charge < -0.3 is 9.64 Å². The van der Waals surface area contributed by atoms with Gasteiger partial charge in [0.25, 0.3) is 0 Å². The molecular weight excluding hydrogens is 328 g/mol. The Labute approximate surface area is 153 Å². The SMILES string of the molecule is CCOC(=O)c1cnc(N2CCC3(CN(Cc4ccccc4)C3)C2)nc1. The van der Waals surface area contributed by atoms with Crippen molar-refractivity contribution in [3.05, 3.63) is 53.9 Å². The van der Waals surface area contributed by atoms with E-state index in [0.29, 0.717) is 23.5 Å². The van der Waals surface area contributed by atoms with Gasteiger partial charge in [0, 0.05) is 50.5 Å². The first-order valence-electron chi connectivity index (χ1n) is 9.18. The van der Waals surface area contributed by atoms with Crippen LogP contribution in [0.2, 0.25) is 0 Å². The summed E-state index contributed by atoms with van der Waals surface area (Å²) in [6.45, 7) is 7.37. The Kier molecular flexibility index (Phi) is 4.59. The molecule has 136 valence electrons. The molecule has 2 saturated heterocycles. The van der Waals surface area contributed by atoms with Crippen LogP contribution in [0.1, 0.15) is 29.3 Å². The minimum Gasteiger partial charge on any atom is -0.462 e. The van der Waals surface area contributed by atoms with Gasteiger partial charge in [-0.1, -0.05) is 30.3 Å². The summed E-state index contributed by atoms with van der Waals surface area (Å²) in [6, 6.07) is 10.6. The van der Waals surface area contributed by atoms with Crippen LogP contribution in [-0.2, 0) is 11.3 Å². The quantitative estimate of drug-likeness (QED) is 0.770. The number of carbonyl (C=O) groups excluding carboxylic acids is 1. The summed E-state index contributed by atoms with van der Waals surface area (Å²) in [4.78, 5) is 25.2. The lowest BCUT2D eigenvalue weighted by Crippen LogP contribution is -2.56. The van der Waals surface area contributed by atoms with Crippen molar-refractivity contribution >= 4 is 11.9 Å². The van der Waals surface area contributed by atoms with Crippen molar-refractivity contribution in [2.24, 2.45) is 5.41 Å². The van der Waals surface area contributed by atoms with Gasteiger partial charge in [-0.25, -0.2) is 14.8 Å². The lowest BCUT2D eigenvalue weighted by Gasteiger charge is -2.48. The first-order chi connectivity index (χ1) is 12.7. The minimum absolute atomic E-state index is 0.356. The molecule has 2 fully saturated rings. The molecule has 2 aromatic rings. The van der Waals surface area contributed by atoms with Crippen LogP contribution in [0.4, 0.5) is 5.95 Å². The lowest BCUT2D eigenvalue weighted by atomic mass is 9.79. The van der Waals surface area contributed by atoms with Crippen LogP contribution >= 0.6 is 0 Å². The molecule has 1 aromatic carbocycles. The fraction of sp³-hybridized carbons (Fsp3) is 0.450. The highest BCUT2D eigenvalue weighted by Crippen LogP contribution is 2.40. The summed E-state index contributed by atoms with van der Waals surface area (Å²) in [5.74, 6) is 0.337. The number of carbonyl (C=O) groups is 1. The van der Waals surface area contributed by atoms with Gasteiger partial charge in [0.1, 0.15) is 0 Å². The van der Waals surface area contributed by atoms with E-state index in [4.69, 9.17) is 4.74 Å². The highest BCUT2D eigenvalue weighted by Gasteiger charge is 2.47. The third-order valence-electron chi connectivity index (χ3n) is 5.24. The van der Waals surface area contributed by atoms with Crippen LogP contribution in [0.3, 0.4) is 0 Å². The molecule has 0 N–H and O–H groups in total. The first-order valence-corrected chi connectivity index (χ1v) is 9.18. The molecule has 1 spiro atoms. The fourth-order valence-electron chi connectivity index (χ4n) is 4.02. The summed E-state index contributed by atoms with van der Waals surface area (Å²) < 4.78 is 4.98. The zero-order chi connectivity index (χ0) is 18.0. The fourth-order valence-corrected chi connectivity index (χ4v) is 4.02. The predicted molar refractivity (Wildman–Crippen MR) is 99.0 cm³/mol. The van der Waals surface area contributed by atoms with Crippen molar-refractivity contribution < 1.29 is 9.53 Å². The normalized spacial score (nSPS) is 18.7. The number of hydrogen-bond acceptors (Lipinski definition) is 6. The Morgan fingerprint density at radius 2 is 1.88 bits per heavy atom. The van der Waals surface area contributed by atoms with Crippen LogP contribution in [0.15, 0.2) is 42.7 Å². The molecule has 26 heavy (non-hydrogen) atoms. The Bertz CT molecular complexity index is 757. The maximum Gasteiger partial charge on any atom is 0.341 e. The Morgan fingerprint density at radius 1 is 1.15 bits per heavy atom. The van der Waals surface area contributed by atoms with E-state index in [1.165, 1.54) is 12.0 Å².